The molecule has 1 aromatic heterocycles. The zero-order valence-corrected chi connectivity index (χ0v) is 11.0. The number of anilines is 1. The highest BCUT2D eigenvalue weighted by atomic mass is 16.5. The molecule has 2 rings (SSSR count). The van der Waals surface area contributed by atoms with Gasteiger partial charge in [-0.3, -0.25) is 4.98 Å². The van der Waals surface area contributed by atoms with E-state index in [2.05, 4.69) is 10.3 Å². The molecule has 0 bridgehead atoms. The summed E-state index contributed by atoms with van der Waals surface area (Å²) in [7, 11) is 1.39. The number of carbonyl (C=O) groups is 1. The van der Waals surface area contributed by atoms with Gasteiger partial charge in [0.05, 0.1) is 18.4 Å². The van der Waals surface area contributed by atoms with Gasteiger partial charge in [-0.05, 0) is 30.2 Å². The molecule has 0 radical (unpaired) electrons. The van der Waals surface area contributed by atoms with Crippen LogP contribution < -0.4 is 5.32 Å². The Hall–Kier alpha value is -2.36. The predicted molar refractivity (Wildman–Crippen MR) is 74.1 cm³/mol. The molecule has 0 spiro atoms. The molecule has 0 saturated heterocycles. The van der Waals surface area contributed by atoms with Crippen LogP contribution in [0.3, 0.4) is 0 Å². The number of benzene rings is 1. The highest BCUT2D eigenvalue weighted by Crippen LogP contribution is 2.13. The van der Waals surface area contributed by atoms with Crippen LogP contribution in [0.2, 0.25) is 0 Å². The number of hydrogen-bond donors (Lipinski definition) is 1. The van der Waals surface area contributed by atoms with E-state index in [4.69, 9.17) is 4.74 Å². The molecule has 0 aliphatic carbocycles. The lowest BCUT2D eigenvalue weighted by Gasteiger charge is -2.10. The molecule has 19 heavy (non-hydrogen) atoms. The summed E-state index contributed by atoms with van der Waals surface area (Å²) >= 11 is 0. The van der Waals surface area contributed by atoms with Crippen LogP contribution in [-0.4, -0.2) is 18.1 Å². The Balaban J connectivity index is 2.13. The molecule has 0 atom stereocenters. The first-order valence-corrected chi connectivity index (χ1v) is 6.02. The summed E-state index contributed by atoms with van der Waals surface area (Å²) in [5.41, 5.74) is 3.50. The number of methoxy groups -OCH3 is 1. The Morgan fingerprint density at radius 2 is 2.11 bits per heavy atom. The highest BCUT2D eigenvalue weighted by Gasteiger charge is 2.10. The Kier molecular flexibility index (Phi) is 4.13. The van der Waals surface area contributed by atoms with Gasteiger partial charge in [-0.2, -0.15) is 0 Å². The molecule has 1 heterocycles. The Labute approximate surface area is 112 Å². The fraction of sp³-hybridized carbons (Fsp3) is 0.200. The quantitative estimate of drug-likeness (QED) is 0.855. The number of ether oxygens (including phenoxy) is 1. The maximum absolute atomic E-state index is 11.6. The number of nitrogens with one attached hydrogen (secondary N) is 1. The average Bonchev–Trinajstić information content (AvgIpc) is 2.45. The Morgan fingerprint density at radius 1 is 1.32 bits per heavy atom. The fourth-order valence-electron chi connectivity index (χ4n) is 1.83. The third-order valence-electron chi connectivity index (χ3n) is 2.78. The van der Waals surface area contributed by atoms with E-state index >= 15 is 0 Å². The van der Waals surface area contributed by atoms with Gasteiger partial charge < -0.3 is 10.1 Å². The zero-order chi connectivity index (χ0) is 13.7. The van der Waals surface area contributed by atoms with Crippen molar-refractivity contribution in [3.8, 4) is 0 Å². The van der Waals surface area contributed by atoms with Crippen LogP contribution >= 0.6 is 0 Å². The molecule has 0 aliphatic rings. The normalized spacial score (nSPS) is 10.0. The van der Waals surface area contributed by atoms with E-state index in [9.17, 15) is 4.79 Å². The second-order valence-corrected chi connectivity index (χ2v) is 4.25. The zero-order valence-electron chi connectivity index (χ0n) is 11.0. The molecule has 2 aromatic rings. The number of carbonyl (C=O) groups excluding carboxylic acids is 1. The maximum Gasteiger partial charge on any atom is 0.338 e. The fourth-order valence-corrected chi connectivity index (χ4v) is 1.83. The van der Waals surface area contributed by atoms with Crippen LogP contribution in [0.5, 0.6) is 0 Å². The van der Waals surface area contributed by atoms with Crippen molar-refractivity contribution >= 4 is 11.7 Å². The summed E-state index contributed by atoms with van der Waals surface area (Å²) in [6, 6.07) is 9.40. The lowest BCUT2D eigenvalue weighted by Crippen LogP contribution is -2.09. The van der Waals surface area contributed by atoms with Crippen molar-refractivity contribution in [1.82, 2.24) is 4.98 Å². The molecule has 0 unspecified atom stereocenters. The molecule has 1 aromatic carbocycles. The highest BCUT2D eigenvalue weighted by molar-refractivity contribution is 5.91. The van der Waals surface area contributed by atoms with Crippen molar-refractivity contribution in [1.29, 1.82) is 0 Å². The van der Waals surface area contributed by atoms with E-state index in [-0.39, 0.29) is 5.97 Å². The lowest BCUT2D eigenvalue weighted by molar-refractivity contribution is 0.0599. The molecular weight excluding hydrogens is 240 g/mol. The van der Waals surface area contributed by atoms with Gasteiger partial charge in [0.1, 0.15) is 0 Å². The number of aromatic nitrogens is 1. The molecule has 4 heteroatoms. The van der Waals surface area contributed by atoms with Gasteiger partial charge in [0.2, 0.25) is 0 Å². The van der Waals surface area contributed by atoms with Crippen molar-refractivity contribution in [2.24, 2.45) is 0 Å². The molecular formula is C15H16N2O2. The van der Waals surface area contributed by atoms with Gasteiger partial charge in [-0.15, -0.1) is 0 Å². The van der Waals surface area contributed by atoms with E-state index in [1.807, 2.05) is 31.2 Å². The smallest absolute Gasteiger partial charge is 0.338 e. The SMILES string of the molecule is COC(=O)c1ccccc1CNc1cncc(C)c1. The first kappa shape index (κ1) is 13.1. The van der Waals surface area contributed by atoms with Crippen LogP contribution in [0.15, 0.2) is 42.7 Å². The van der Waals surface area contributed by atoms with Crippen LogP contribution in [0.1, 0.15) is 21.5 Å². The van der Waals surface area contributed by atoms with E-state index < -0.39 is 0 Å². The van der Waals surface area contributed by atoms with Crippen molar-refractivity contribution < 1.29 is 9.53 Å². The number of aryl methyl sites for hydroxylation is 1. The number of nitrogens with zero attached hydrogens (tertiary/aromatic N) is 1. The molecule has 0 saturated carbocycles. The van der Waals surface area contributed by atoms with Gasteiger partial charge in [0, 0.05) is 18.9 Å². The van der Waals surface area contributed by atoms with E-state index in [1.165, 1.54) is 7.11 Å². The first-order chi connectivity index (χ1) is 9.20. The number of pyridine rings is 1. The topological polar surface area (TPSA) is 51.2 Å². The van der Waals surface area contributed by atoms with Gasteiger partial charge in [-0.1, -0.05) is 18.2 Å². The van der Waals surface area contributed by atoms with Crippen LogP contribution in [0, 0.1) is 6.92 Å². The molecule has 4 nitrogen and oxygen atoms in total. The van der Waals surface area contributed by atoms with Crippen molar-refractivity contribution in [3.63, 3.8) is 0 Å². The second-order valence-electron chi connectivity index (χ2n) is 4.25. The maximum atomic E-state index is 11.6. The average molecular weight is 256 g/mol. The molecule has 0 aliphatic heterocycles. The third-order valence-corrected chi connectivity index (χ3v) is 2.78. The van der Waals surface area contributed by atoms with Crippen molar-refractivity contribution in [2.75, 3.05) is 12.4 Å². The standard InChI is InChI=1S/C15H16N2O2/c1-11-7-13(10-16-8-11)17-9-12-5-3-4-6-14(12)15(18)19-2/h3-8,10,17H,9H2,1-2H3. The van der Waals surface area contributed by atoms with Crippen LogP contribution in [0.4, 0.5) is 5.69 Å². The third kappa shape index (κ3) is 3.31. The van der Waals surface area contributed by atoms with E-state index in [1.54, 1.807) is 18.5 Å². The van der Waals surface area contributed by atoms with Crippen LogP contribution in [-0.2, 0) is 11.3 Å². The predicted octanol–water partition coefficient (Wildman–Crippen LogP) is 2.79. The second kappa shape index (κ2) is 6.00. The number of hydrogen-bond acceptors (Lipinski definition) is 4. The minimum absolute atomic E-state index is 0.320. The molecule has 0 fully saturated rings. The number of rotatable bonds is 4. The monoisotopic (exact) mass is 256 g/mol. The summed E-state index contributed by atoms with van der Waals surface area (Å²) in [6.45, 7) is 2.54. The summed E-state index contributed by atoms with van der Waals surface area (Å²) in [4.78, 5) is 15.8. The number of esters is 1. The van der Waals surface area contributed by atoms with Gasteiger partial charge in [0.15, 0.2) is 0 Å². The first-order valence-electron chi connectivity index (χ1n) is 6.02. The molecule has 0 amide bonds. The molecule has 1 N–H and O–H groups in total. The van der Waals surface area contributed by atoms with Crippen molar-refractivity contribution in [3.05, 3.63) is 59.4 Å². The van der Waals surface area contributed by atoms with Crippen molar-refractivity contribution in [2.45, 2.75) is 13.5 Å². The Bertz CT molecular complexity index is 582. The Morgan fingerprint density at radius 3 is 2.84 bits per heavy atom. The van der Waals surface area contributed by atoms with Gasteiger partial charge in [0.25, 0.3) is 0 Å². The van der Waals surface area contributed by atoms with Gasteiger partial charge >= 0.3 is 5.97 Å². The minimum Gasteiger partial charge on any atom is -0.465 e. The van der Waals surface area contributed by atoms with Gasteiger partial charge in [-0.25, -0.2) is 4.79 Å². The largest absolute Gasteiger partial charge is 0.465 e. The summed E-state index contributed by atoms with van der Waals surface area (Å²) in [6.07, 6.45) is 3.56. The summed E-state index contributed by atoms with van der Waals surface area (Å²) in [5.74, 6) is -0.320. The van der Waals surface area contributed by atoms with E-state index in [0.29, 0.717) is 12.1 Å². The lowest BCUT2D eigenvalue weighted by atomic mass is 10.1. The minimum atomic E-state index is -0.320. The summed E-state index contributed by atoms with van der Waals surface area (Å²) in [5, 5.41) is 3.25. The molecule has 98 valence electrons. The van der Waals surface area contributed by atoms with Crippen LogP contribution in [0.25, 0.3) is 0 Å². The van der Waals surface area contributed by atoms with E-state index in [0.717, 1.165) is 16.8 Å². The summed E-state index contributed by atoms with van der Waals surface area (Å²) < 4.78 is 4.77.